The van der Waals surface area contributed by atoms with Crippen LogP contribution >= 0.6 is 0 Å². The predicted molar refractivity (Wildman–Crippen MR) is 118 cm³/mol. The lowest BCUT2D eigenvalue weighted by molar-refractivity contribution is 0.310. The van der Waals surface area contributed by atoms with Gasteiger partial charge in [0.25, 0.3) is 5.56 Å². The number of rotatable bonds is 3. The molecule has 1 aliphatic rings. The van der Waals surface area contributed by atoms with E-state index in [1.807, 2.05) is 26.8 Å². The van der Waals surface area contributed by atoms with Crippen molar-refractivity contribution in [1.82, 2.24) is 23.4 Å². The molecule has 1 saturated heterocycles. The fraction of sp³-hybridized carbons (Fsp3) is 0.476. The van der Waals surface area contributed by atoms with Crippen molar-refractivity contribution in [3.8, 4) is 0 Å². The Bertz CT molecular complexity index is 1410. The molecule has 0 radical (unpaired) electrons. The molecular formula is C21H27N5O4S. The van der Waals surface area contributed by atoms with Gasteiger partial charge in [0.15, 0.2) is 5.65 Å². The molecular weight excluding hydrogens is 418 g/mol. The summed E-state index contributed by atoms with van der Waals surface area (Å²) in [6.45, 7) is 6.39. The van der Waals surface area contributed by atoms with E-state index in [1.54, 1.807) is 13.1 Å². The van der Waals surface area contributed by atoms with Crippen molar-refractivity contribution in [2.24, 2.45) is 14.1 Å². The maximum absolute atomic E-state index is 13.4. The summed E-state index contributed by atoms with van der Waals surface area (Å²) in [6.07, 6.45) is 1.42. The second-order valence-electron chi connectivity index (χ2n) is 8.43. The van der Waals surface area contributed by atoms with Gasteiger partial charge in [0.1, 0.15) is 11.3 Å². The lowest BCUT2D eigenvalue weighted by atomic mass is 9.99. The van der Waals surface area contributed by atoms with Crippen LogP contribution in [0.25, 0.3) is 11.2 Å². The van der Waals surface area contributed by atoms with E-state index < -0.39 is 21.3 Å². The van der Waals surface area contributed by atoms with E-state index >= 15 is 0 Å². The monoisotopic (exact) mass is 445 g/mol. The summed E-state index contributed by atoms with van der Waals surface area (Å²) in [7, 11) is -0.676. The first-order valence-corrected chi connectivity index (χ1v) is 11.7. The number of fused-ring (bicyclic) bond motifs is 1. The fourth-order valence-corrected chi connectivity index (χ4v) is 6.09. The minimum absolute atomic E-state index is 0.192. The molecule has 31 heavy (non-hydrogen) atoms. The number of imidazole rings is 1. The molecule has 1 N–H and O–H groups in total. The molecule has 0 bridgehead atoms. The second-order valence-corrected chi connectivity index (χ2v) is 10.3. The highest BCUT2D eigenvalue weighted by Gasteiger charge is 2.33. The predicted octanol–water partition coefficient (Wildman–Crippen LogP) is 1.45. The first kappa shape index (κ1) is 21.5. The van der Waals surface area contributed by atoms with Gasteiger partial charge in [-0.25, -0.2) is 18.2 Å². The van der Waals surface area contributed by atoms with Crippen LogP contribution in [0, 0.1) is 20.8 Å². The molecule has 0 amide bonds. The van der Waals surface area contributed by atoms with E-state index in [0.29, 0.717) is 23.7 Å². The summed E-state index contributed by atoms with van der Waals surface area (Å²) in [5.41, 5.74) is 2.37. The highest BCUT2D eigenvalue weighted by molar-refractivity contribution is 7.89. The van der Waals surface area contributed by atoms with Crippen LogP contribution in [-0.4, -0.2) is 44.9 Å². The van der Waals surface area contributed by atoms with E-state index in [1.165, 1.54) is 15.9 Å². The summed E-state index contributed by atoms with van der Waals surface area (Å²) < 4.78 is 30.7. The topological polar surface area (TPSA) is 110 Å². The third-order valence-electron chi connectivity index (χ3n) is 6.29. The molecule has 0 saturated carbocycles. The third kappa shape index (κ3) is 3.43. The third-order valence-corrected chi connectivity index (χ3v) is 8.30. The standard InChI is InChI=1S/C21H27N5O4S/c1-12-9-14(3)16(10-13(12)2)31(29,30)26-8-6-7-15(11-26)18-22-17-19(23-18)24(4)21(28)25(5)20(17)27/h9-10,15H,6-8,11H2,1-5H3,(H,22,23). The molecule has 10 heteroatoms. The number of piperidine rings is 1. The van der Waals surface area contributed by atoms with Gasteiger partial charge in [-0.2, -0.15) is 4.31 Å². The van der Waals surface area contributed by atoms with Crippen LogP contribution in [0.4, 0.5) is 0 Å². The van der Waals surface area contributed by atoms with Crippen molar-refractivity contribution in [1.29, 1.82) is 0 Å². The van der Waals surface area contributed by atoms with Crippen LogP contribution in [0.15, 0.2) is 26.6 Å². The summed E-state index contributed by atoms with van der Waals surface area (Å²) >= 11 is 0. The number of aryl methyl sites for hydroxylation is 4. The summed E-state index contributed by atoms with van der Waals surface area (Å²) in [4.78, 5) is 32.6. The molecule has 9 nitrogen and oxygen atoms in total. The molecule has 0 spiro atoms. The highest BCUT2D eigenvalue weighted by Crippen LogP contribution is 2.31. The van der Waals surface area contributed by atoms with Gasteiger partial charge in [-0.05, 0) is 56.4 Å². The van der Waals surface area contributed by atoms with Crippen LogP contribution in [-0.2, 0) is 24.1 Å². The molecule has 4 rings (SSSR count). The van der Waals surface area contributed by atoms with Crippen LogP contribution < -0.4 is 11.2 Å². The summed E-state index contributed by atoms with van der Waals surface area (Å²) in [5, 5.41) is 0. The van der Waals surface area contributed by atoms with Crippen LogP contribution in [0.1, 0.15) is 41.3 Å². The number of nitrogens with one attached hydrogen (secondary N) is 1. The molecule has 0 aliphatic carbocycles. The van der Waals surface area contributed by atoms with Gasteiger partial charge in [-0.1, -0.05) is 6.07 Å². The molecule has 2 aromatic heterocycles. The number of H-pyrrole nitrogens is 1. The largest absolute Gasteiger partial charge is 0.336 e. The second kappa shape index (κ2) is 7.45. The zero-order valence-electron chi connectivity index (χ0n) is 18.4. The number of hydrogen-bond acceptors (Lipinski definition) is 5. The van der Waals surface area contributed by atoms with E-state index in [2.05, 4.69) is 9.97 Å². The van der Waals surface area contributed by atoms with Crippen molar-refractivity contribution in [2.45, 2.75) is 44.4 Å². The van der Waals surface area contributed by atoms with E-state index in [4.69, 9.17) is 0 Å². The van der Waals surface area contributed by atoms with Crippen molar-refractivity contribution in [3.63, 3.8) is 0 Å². The Morgan fingerprint density at radius 2 is 1.71 bits per heavy atom. The Hall–Kier alpha value is -2.72. The first-order valence-electron chi connectivity index (χ1n) is 10.3. The van der Waals surface area contributed by atoms with Crippen molar-refractivity contribution < 1.29 is 8.42 Å². The average molecular weight is 446 g/mol. The van der Waals surface area contributed by atoms with Gasteiger partial charge in [-0.15, -0.1) is 0 Å². The maximum atomic E-state index is 13.4. The molecule has 166 valence electrons. The highest BCUT2D eigenvalue weighted by atomic mass is 32.2. The SMILES string of the molecule is Cc1cc(C)c(S(=O)(=O)N2CCCC(c3nc4c([nH]3)c(=O)n(C)c(=O)n4C)C2)cc1C. The molecule has 1 aromatic carbocycles. The zero-order valence-corrected chi connectivity index (χ0v) is 19.2. The van der Waals surface area contributed by atoms with Gasteiger partial charge in [0.05, 0.1) is 4.90 Å². The quantitative estimate of drug-likeness (QED) is 0.656. The van der Waals surface area contributed by atoms with Crippen molar-refractivity contribution in [3.05, 3.63) is 55.5 Å². The molecule has 1 fully saturated rings. The van der Waals surface area contributed by atoms with E-state index in [-0.39, 0.29) is 23.6 Å². The van der Waals surface area contributed by atoms with Crippen LogP contribution in [0.2, 0.25) is 0 Å². The first-order chi connectivity index (χ1) is 14.5. The molecule has 1 atom stereocenters. The Kier molecular flexibility index (Phi) is 5.17. The van der Waals surface area contributed by atoms with Crippen LogP contribution in [0.5, 0.6) is 0 Å². The fourth-order valence-electron chi connectivity index (χ4n) is 4.27. The van der Waals surface area contributed by atoms with Crippen molar-refractivity contribution in [2.75, 3.05) is 13.1 Å². The number of nitrogens with zero attached hydrogens (tertiary/aromatic N) is 4. The number of sulfonamides is 1. The maximum Gasteiger partial charge on any atom is 0.332 e. The summed E-state index contributed by atoms with van der Waals surface area (Å²) in [6, 6.07) is 3.64. The van der Waals surface area contributed by atoms with E-state index in [0.717, 1.165) is 27.7 Å². The Labute approximate surface area is 180 Å². The van der Waals surface area contributed by atoms with Gasteiger partial charge >= 0.3 is 5.69 Å². The molecule has 3 aromatic rings. The Morgan fingerprint density at radius 3 is 2.42 bits per heavy atom. The zero-order chi connectivity index (χ0) is 22.7. The number of benzene rings is 1. The van der Waals surface area contributed by atoms with Gasteiger partial charge in [-0.3, -0.25) is 13.9 Å². The van der Waals surface area contributed by atoms with Crippen molar-refractivity contribution >= 4 is 21.2 Å². The normalized spacial score (nSPS) is 18.0. The Morgan fingerprint density at radius 1 is 1.03 bits per heavy atom. The average Bonchev–Trinajstić information content (AvgIpc) is 3.19. The smallest absolute Gasteiger partial charge is 0.332 e. The number of aromatic nitrogens is 4. The molecule has 1 aliphatic heterocycles. The van der Waals surface area contributed by atoms with Crippen LogP contribution in [0.3, 0.4) is 0 Å². The van der Waals surface area contributed by atoms with Gasteiger partial charge < -0.3 is 4.98 Å². The summed E-state index contributed by atoms with van der Waals surface area (Å²) in [5.74, 6) is 0.340. The Balaban J connectivity index is 1.72. The van der Waals surface area contributed by atoms with Gasteiger partial charge in [0.2, 0.25) is 10.0 Å². The molecule has 3 heterocycles. The van der Waals surface area contributed by atoms with Gasteiger partial charge in [0, 0.05) is 33.1 Å². The van der Waals surface area contributed by atoms with E-state index in [9.17, 15) is 18.0 Å². The minimum atomic E-state index is -3.66. The molecule has 1 unspecified atom stereocenters. The lowest BCUT2D eigenvalue weighted by Crippen LogP contribution is -2.39. The minimum Gasteiger partial charge on any atom is -0.336 e. The number of aromatic amines is 1. The number of hydrogen-bond donors (Lipinski definition) is 1. The lowest BCUT2D eigenvalue weighted by Gasteiger charge is -2.31.